The van der Waals surface area contributed by atoms with E-state index in [0.29, 0.717) is 5.92 Å². The Hall–Kier alpha value is -1.00. The van der Waals surface area contributed by atoms with Crippen molar-refractivity contribution in [3.63, 3.8) is 0 Å². The summed E-state index contributed by atoms with van der Waals surface area (Å²) >= 11 is 0. The molecule has 1 heterocycles. The van der Waals surface area contributed by atoms with Crippen LogP contribution in [0.25, 0.3) is 0 Å². The number of rotatable bonds is 5. The van der Waals surface area contributed by atoms with E-state index in [0.717, 1.165) is 5.69 Å². The van der Waals surface area contributed by atoms with Gasteiger partial charge in [0.25, 0.3) is 0 Å². The molecular formula is C11H19N3O. The predicted octanol–water partition coefficient (Wildman–Crippen LogP) is 1.14. The predicted molar refractivity (Wildman–Crippen MR) is 59.3 cm³/mol. The van der Waals surface area contributed by atoms with Crippen molar-refractivity contribution in [3.8, 4) is 0 Å². The highest BCUT2D eigenvalue weighted by Gasteiger charge is 2.16. The van der Waals surface area contributed by atoms with Crippen molar-refractivity contribution < 1.29 is 5.11 Å². The summed E-state index contributed by atoms with van der Waals surface area (Å²) in [6.07, 6.45) is 5.07. The Kier molecular flexibility index (Phi) is 4.65. The summed E-state index contributed by atoms with van der Waals surface area (Å²) < 4.78 is 0. The van der Waals surface area contributed by atoms with Gasteiger partial charge in [-0.1, -0.05) is 13.8 Å². The number of aromatic nitrogens is 2. The van der Waals surface area contributed by atoms with Crippen LogP contribution in [-0.2, 0) is 0 Å². The Bertz CT molecular complexity index is 276. The first-order valence-corrected chi connectivity index (χ1v) is 5.28. The fraction of sp³-hybridized carbons (Fsp3) is 0.636. The molecule has 0 saturated carbocycles. The van der Waals surface area contributed by atoms with Gasteiger partial charge in [-0.3, -0.25) is 9.97 Å². The standard InChI is InChI=1S/C11H19N3O/c1-8(2)11(7-15)14-9(3)10-6-12-4-5-13-10/h4-6,8-9,11,14-15H,7H2,1-3H3. The van der Waals surface area contributed by atoms with Gasteiger partial charge in [0.05, 0.1) is 12.3 Å². The van der Waals surface area contributed by atoms with Crippen LogP contribution in [0.15, 0.2) is 18.6 Å². The van der Waals surface area contributed by atoms with E-state index in [4.69, 9.17) is 0 Å². The van der Waals surface area contributed by atoms with Crippen LogP contribution in [0, 0.1) is 5.92 Å². The van der Waals surface area contributed by atoms with Gasteiger partial charge in [-0.05, 0) is 12.8 Å². The van der Waals surface area contributed by atoms with E-state index in [1.54, 1.807) is 18.6 Å². The first kappa shape index (κ1) is 12.1. The Morgan fingerprint density at radius 1 is 1.33 bits per heavy atom. The molecule has 0 radical (unpaired) electrons. The quantitative estimate of drug-likeness (QED) is 0.763. The maximum absolute atomic E-state index is 9.19. The maximum atomic E-state index is 9.19. The first-order chi connectivity index (χ1) is 7.15. The van der Waals surface area contributed by atoms with Crippen molar-refractivity contribution in [2.75, 3.05) is 6.61 Å². The Labute approximate surface area is 90.8 Å². The third-order valence-corrected chi connectivity index (χ3v) is 2.49. The summed E-state index contributed by atoms with van der Waals surface area (Å²) in [6.45, 7) is 6.33. The van der Waals surface area contributed by atoms with E-state index in [-0.39, 0.29) is 18.7 Å². The molecule has 0 fully saturated rings. The Balaban J connectivity index is 2.58. The minimum absolute atomic E-state index is 0.0991. The highest BCUT2D eigenvalue weighted by molar-refractivity contribution is 5.01. The van der Waals surface area contributed by atoms with Gasteiger partial charge >= 0.3 is 0 Å². The SMILES string of the molecule is CC(NC(CO)C(C)C)c1cnccn1. The van der Waals surface area contributed by atoms with Gasteiger partial charge in [0.2, 0.25) is 0 Å². The van der Waals surface area contributed by atoms with E-state index in [2.05, 4.69) is 29.1 Å². The third kappa shape index (κ3) is 3.57. The van der Waals surface area contributed by atoms with Crippen LogP contribution in [0.3, 0.4) is 0 Å². The molecule has 1 aromatic rings. The molecule has 15 heavy (non-hydrogen) atoms. The maximum Gasteiger partial charge on any atom is 0.0753 e. The lowest BCUT2D eigenvalue weighted by Crippen LogP contribution is -2.38. The molecule has 4 heteroatoms. The van der Waals surface area contributed by atoms with Gasteiger partial charge in [-0.2, -0.15) is 0 Å². The molecule has 0 aliphatic heterocycles. The van der Waals surface area contributed by atoms with Crippen LogP contribution in [0.1, 0.15) is 32.5 Å². The molecule has 0 spiro atoms. The van der Waals surface area contributed by atoms with Crippen molar-refractivity contribution in [2.45, 2.75) is 32.9 Å². The zero-order valence-corrected chi connectivity index (χ0v) is 9.51. The summed E-state index contributed by atoms with van der Waals surface area (Å²) in [4.78, 5) is 8.24. The molecule has 0 aliphatic rings. The summed E-state index contributed by atoms with van der Waals surface area (Å²) in [7, 11) is 0. The van der Waals surface area contributed by atoms with Crippen LogP contribution in [-0.4, -0.2) is 27.7 Å². The highest BCUT2D eigenvalue weighted by atomic mass is 16.3. The molecule has 2 atom stereocenters. The highest BCUT2D eigenvalue weighted by Crippen LogP contribution is 2.11. The van der Waals surface area contributed by atoms with Gasteiger partial charge in [-0.25, -0.2) is 0 Å². The van der Waals surface area contributed by atoms with Crippen LogP contribution >= 0.6 is 0 Å². The second kappa shape index (κ2) is 5.78. The molecule has 84 valence electrons. The molecule has 0 aliphatic carbocycles. The number of aliphatic hydroxyl groups is 1. The minimum Gasteiger partial charge on any atom is -0.395 e. The molecule has 0 amide bonds. The average molecular weight is 209 g/mol. The fourth-order valence-electron chi connectivity index (χ4n) is 1.40. The first-order valence-electron chi connectivity index (χ1n) is 5.28. The molecule has 2 unspecified atom stereocenters. The topological polar surface area (TPSA) is 58.0 Å². The van der Waals surface area contributed by atoms with Crippen molar-refractivity contribution in [2.24, 2.45) is 5.92 Å². The van der Waals surface area contributed by atoms with E-state index in [1.807, 2.05) is 6.92 Å². The van der Waals surface area contributed by atoms with Crippen molar-refractivity contribution in [3.05, 3.63) is 24.3 Å². The van der Waals surface area contributed by atoms with Gasteiger partial charge in [0.1, 0.15) is 0 Å². The van der Waals surface area contributed by atoms with E-state index < -0.39 is 0 Å². The molecular weight excluding hydrogens is 190 g/mol. The normalized spacial score (nSPS) is 15.3. The lowest BCUT2D eigenvalue weighted by Gasteiger charge is -2.24. The van der Waals surface area contributed by atoms with Crippen molar-refractivity contribution in [1.29, 1.82) is 0 Å². The van der Waals surface area contributed by atoms with Gasteiger partial charge in [0, 0.05) is 30.7 Å². The van der Waals surface area contributed by atoms with E-state index in [9.17, 15) is 5.11 Å². The van der Waals surface area contributed by atoms with E-state index >= 15 is 0 Å². The van der Waals surface area contributed by atoms with Gasteiger partial charge in [-0.15, -0.1) is 0 Å². The molecule has 1 aromatic heterocycles. The smallest absolute Gasteiger partial charge is 0.0753 e. The summed E-state index contributed by atoms with van der Waals surface area (Å²) in [5, 5.41) is 12.5. The number of aliphatic hydroxyl groups excluding tert-OH is 1. The lowest BCUT2D eigenvalue weighted by atomic mass is 10.0. The van der Waals surface area contributed by atoms with Gasteiger partial charge in [0.15, 0.2) is 0 Å². The van der Waals surface area contributed by atoms with Crippen molar-refractivity contribution >= 4 is 0 Å². The van der Waals surface area contributed by atoms with Crippen LogP contribution in [0.4, 0.5) is 0 Å². The minimum atomic E-state index is 0.0991. The van der Waals surface area contributed by atoms with Gasteiger partial charge < -0.3 is 10.4 Å². The Morgan fingerprint density at radius 3 is 2.53 bits per heavy atom. The number of hydrogen-bond donors (Lipinski definition) is 2. The fourth-order valence-corrected chi connectivity index (χ4v) is 1.40. The zero-order chi connectivity index (χ0) is 11.3. The largest absolute Gasteiger partial charge is 0.395 e. The second-order valence-electron chi connectivity index (χ2n) is 4.05. The third-order valence-electron chi connectivity index (χ3n) is 2.49. The second-order valence-corrected chi connectivity index (χ2v) is 4.05. The summed E-state index contributed by atoms with van der Waals surface area (Å²) in [5.41, 5.74) is 0.900. The zero-order valence-electron chi connectivity index (χ0n) is 9.51. The molecule has 2 N–H and O–H groups in total. The molecule has 0 bridgehead atoms. The lowest BCUT2D eigenvalue weighted by molar-refractivity contribution is 0.200. The number of hydrogen-bond acceptors (Lipinski definition) is 4. The molecule has 0 aromatic carbocycles. The monoisotopic (exact) mass is 209 g/mol. The van der Waals surface area contributed by atoms with Crippen molar-refractivity contribution in [1.82, 2.24) is 15.3 Å². The Morgan fingerprint density at radius 2 is 2.07 bits per heavy atom. The van der Waals surface area contributed by atoms with Crippen LogP contribution in [0.5, 0.6) is 0 Å². The average Bonchev–Trinajstić information content (AvgIpc) is 2.26. The molecule has 4 nitrogen and oxygen atoms in total. The summed E-state index contributed by atoms with van der Waals surface area (Å²) in [6, 6.07) is 0.209. The molecule has 0 saturated heterocycles. The van der Waals surface area contributed by atoms with Crippen LogP contribution < -0.4 is 5.32 Å². The summed E-state index contributed by atoms with van der Waals surface area (Å²) in [5.74, 6) is 0.397. The van der Waals surface area contributed by atoms with E-state index in [1.165, 1.54) is 0 Å². The van der Waals surface area contributed by atoms with Crippen LogP contribution in [0.2, 0.25) is 0 Å². The number of nitrogens with one attached hydrogen (secondary N) is 1. The molecule has 1 rings (SSSR count). The number of nitrogens with zero attached hydrogens (tertiary/aromatic N) is 2.